The van der Waals surface area contributed by atoms with Gasteiger partial charge in [-0.3, -0.25) is 9.78 Å². The average molecular weight is 348 g/mol. The Morgan fingerprint density at radius 2 is 1.60 bits per heavy atom. The summed E-state index contributed by atoms with van der Waals surface area (Å²) in [5.41, 5.74) is 3.00. The maximum atomic E-state index is 13.0. The van der Waals surface area contributed by atoms with Gasteiger partial charge in [0.25, 0.3) is 5.56 Å². The summed E-state index contributed by atoms with van der Waals surface area (Å²) in [5, 5.41) is 0.573. The van der Waals surface area contributed by atoms with E-state index < -0.39 is 5.69 Å². The van der Waals surface area contributed by atoms with E-state index in [9.17, 15) is 9.59 Å². The van der Waals surface area contributed by atoms with E-state index >= 15 is 0 Å². The van der Waals surface area contributed by atoms with E-state index in [1.807, 2.05) is 56.3 Å². The molecule has 25 heavy (non-hydrogen) atoms. The molecule has 0 saturated heterocycles. The van der Waals surface area contributed by atoms with E-state index in [1.165, 1.54) is 21.5 Å². The van der Waals surface area contributed by atoms with Gasteiger partial charge in [-0.05, 0) is 37.1 Å². The number of aromatic nitrogens is 2. The van der Waals surface area contributed by atoms with Crippen LogP contribution in [0.5, 0.6) is 0 Å². The summed E-state index contributed by atoms with van der Waals surface area (Å²) in [7, 11) is 0. The van der Waals surface area contributed by atoms with Crippen LogP contribution in [0, 0.1) is 13.8 Å². The Morgan fingerprint density at radius 3 is 2.28 bits per heavy atom. The number of hydrogen-bond acceptors (Lipinski definition) is 3. The number of thiophene rings is 1. The van der Waals surface area contributed by atoms with Crippen molar-refractivity contribution < 1.29 is 0 Å². The molecule has 0 bridgehead atoms. The number of H-pyrrole nitrogens is 1. The molecule has 0 aliphatic carbocycles. The molecule has 0 amide bonds. The number of benzene rings is 2. The quantitative estimate of drug-likeness (QED) is 0.595. The highest BCUT2D eigenvalue weighted by atomic mass is 32.1. The van der Waals surface area contributed by atoms with E-state index in [1.54, 1.807) is 12.1 Å². The van der Waals surface area contributed by atoms with Gasteiger partial charge in [0.2, 0.25) is 0 Å². The molecule has 5 heteroatoms. The van der Waals surface area contributed by atoms with E-state index in [4.69, 9.17) is 0 Å². The van der Waals surface area contributed by atoms with E-state index in [0.29, 0.717) is 15.9 Å². The second-order valence-electron chi connectivity index (χ2n) is 6.03. The first-order valence-corrected chi connectivity index (χ1v) is 8.79. The summed E-state index contributed by atoms with van der Waals surface area (Å²) in [6.07, 6.45) is 0. The lowest BCUT2D eigenvalue weighted by atomic mass is 10.1. The number of hydrogen-bond donors (Lipinski definition) is 1. The smallest absolute Gasteiger partial charge is 0.298 e. The molecule has 0 aliphatic heterocycles. The maximum Gasteiger partial charge on any atom is 0.334 e. The fourth-order valence-corrected chi connectivity index (χ4v) is 4.20. The second kappa shape index (κ2) is 5.86. The summed E-state index contributed by atoms with van der Waals surface area (Å²) in [6, 6.07) is 17.2. The predicted molar refractivity (Wildman–Crippen MR) is 103 cm³/mol. The minimum absolute atomic E-state index is 0.280. The Hall–Kier alpha value is -2.92. The van der Waals surface area contributed by atoms with Gasteiger partial charge in [0.1, 0.15) is 4.83 Å². The Bertz CT molecular complexity index is 1180. The number of rotatable bonds is 2. The summed E-state index contributed by atoms with van der Waals surface area (Å²) in [6.45, 7) is 3.97. The third-order valence-corrected chi connectivity index (χ3v) is 5.57. The zero-order valence-corrected chi connectivity index (χ0v) is 14.7. The molecule has 2 heterocycles. The minimum atomic E-state index is -0.416. The molecule has 124 valence electrons. The normalized spacial score (nSPS) is 11.1. The largest absolute Gasteiger partial charge is 0.334 e. The lowest BCUT2D eigenvalue weighted by molar-refractivity contribution is 0.903. The number of nitrogens with one attached hydrogen (secondary N) is 1. The van der Waals surface area contributed by atoms with Crippen molar-refractivity contribution in [2.45, 2.75) is 13.8 Å². The van der Waals surface area contributed by atoms with Crippen LogP contribution in [0.25, 0.3) is 26.3 Å². The highest BCUT2D eigenvalue weighted by Crippen LogP contribution is 2.35. The van der Waals surface area contributed by atoms with Gasteiger partial charge in [-0.2, -0.15) is 0 Å². The topological polar surface area (TPSA) is 54.9 Å². The molecule has 0 saturated carbocycles. The third kappa shape index (κ3) is 2.53. The van der Waals surface area contributed by atoms with Crippen LogP contribution in [-0.2, 0) is 0 Å². The van der Waals surface area contributed by atoms with E-state index in [2.05, 4.69) is 4.98 Å². The Morgan fingerprint density at radius 1 is 0.920 bits per heavy atom. The molecular formula is C20H16N2O2S. The predicted octanol–water partition coefficient (Wildman–Crippen LogP) is 4.02. The van der Waals surface area contributed by atoms with Crippen LogP contribution >= 0.6 is 11.3 Å². The van der Waals surface area contributed by atoms with Crippen LogP contribution in [0.2, 0.25) is 0 Å². The monoisotopic (exact) mass is 348 g/mol. The standard InChI is InChI=1S/C20H16N2O2S/c1-12-8-10-14(11-9-12)17-13(2)16-18(25-17)21-20(24)22(19(16)23)15-6-4-3-5-7-15/h3-11H,1-2H3,(H,21,24). The third-order valence-electron chi connectivity index (χ3n) is 4.32. The first-order valence-electron chi connectivity index (χ1n) is 7.97. The molecule has 4 aromatic rings. The first-order chi connectivity index (χ1) is 12.1. The summed E-state index contributed by atoms with van der Waals surface area (Å²) in [4.78, 5) is 30.0. The van der Waals surface area contributed by atoms with Crippen molar-refractivity contribution in [3.8, 4) is 16.1 Å². The molecule has 4 nitrogen and oxygen atoms in total. The zero-order chi connectivity index (χ0) is 17.6. The van der Waals surface area contributed by atoms with E-state index in [-0.39, 0.29) is 5.56 Å². The zero-order valence-electron chi connectivity index (χ0n) is 13.9. The Labute approximate surface area is 148 Å². The van der Waals surface area contributed by atoms with Crippen molar-refractivity contribution >= 4 is 21.6 Å². The molecule has 0 radical (unpaired) electrons. The van der Waals surface area contributed by atoms with Crippen molar-refractivity contribution in [2.75, 3.05) is 0 Å². The molecule has 4 rings (SSSR count). The van der Waals surface area contributed by atoms with Crippen molar-refractivity contribution in [1.29, 1.82) is 0 Å². The first kappa shape index (κ1) is 15.6. The summed E-state index contributed by atoms with van der Waals surface area (Å²) in [5.74, 6) is 0. The second-order valence-corrected chi connectivity index (χ2v) is 7.05. The Kier molecular flexibility index (Phi) is 3.66. The van der Waals surface area contributed by atoms with Crippen molar-refractivity contribution in [2.24, 2.45) is 0 Å². The van der Waals surface area contributed by atoms with Gasteiger partial charge in [0.15, 0.2) is 0 Å². The van der Waals surface area contributed by atoms with Gasteiger partial charge in [0, 0.05) is 4.88 Å². The van der Waals surface area contributed by atoms with Crippen LogP contribution in [0.3, 0.4) is 0 Å². The highest BCUT2D eigenvalue weighted by Gasteiger charge is 2.17. The average Bonchev–Trinajstić information content (AvgIpc) is 2.93. The van der Waals surface area contributed by atoms with Crippen LogP contribution in [0.4, 0.5) is 0 Å². The molecule has 0 atom stereocenters. The van der Waals surface area contributed by atoms with Gasteiger partial charge >= 0.3 is 5.69 Å². The Balaban J connectivity index is 2.02. The van der Waals surface area contributed by atoms with Crippen molar-refractivity contribution in [1.82, 2.24) is 9.55 Å². The molecule has 0 aliphatic rings. The lowest BCUT2D eigenvalue weighted by Gasteiger charge is -2.04. The number of nitrogens with zero attached hydrogens (tertiary/aromatic N) is 1. The lowest BCUT2D eigenvalue weighted by Crippen LogP contribution is -2.33. The molecule has 2 aromatic heterocycles. The highest BCUT2D eigenvalue weighted by molar-refractivity contribution is 7.22. The molecule has 0 unspecified atom stereocenters. The molecule has 0 fully saturated rings. The maximum absolute atomic E-state index is 13.0. The van der Waals surface area contributed by atoms with Gasteiger partial charge < -0.3 is 0 Å². The molecule has 0 spiro atoms. The van der Waals surface area contributed by atoms with Crippen LogP contribution in [0.1, 0.15) is 11.1 Å². The fraction of sp³-hybridized carbons (Fsp3) is 0.100. The number of para-hydroxylation sites is 1. The van der Waals surface area contributed by atoms with E-state index in [0.717, 1.165) is 16.0 Å². The number of fused-ring (bicyclic) bond motifs is 1. The van der Waals surface area contributed by atoms with Gasteiger partial charge in [-0.1, -0.05) is 48.0 Å². The minimum Gasteiger partial charge on any atom is -0.298 e. The molecule has 2 aromatic carbocycles. The number of aromatic amines is 1. The van der Waals surface area contributed by atoms with Crippen molar-refractivity contribution in [3.05, 3.63) is 86.6 Å². The van der Waals surface area contributed by atoms with Crippen LogP contribution in [-0.4, -0.2) is 9.55 Å². The molecular weight excluding hydrogens is 332 g/mol. The van der Waals surface area contributed by atoms with Crippen LogP contribution < -0.4 is 11.2 Å². The van der Waals surface area contributed by atoms with Crippen molar-refractivity contribution in [3.63, 3.8) is 0 Å². The van der Waals surface area contributed by atoms with Gasteiger partial charge in [-0.25, -0.2) is 9.36 Å². The van der Waals surface area contributed by atoms with Gasteiger partial charge in [0.05, 0.1) is 11.1 Å². The van der Waals surface area contributed by atoms with Gasteiger partial charge in [-0.15, -0.1) is 11.3 Å². The van der Waals surface area contributed by atoms with Crippen LogP contribution in [0.15, 0.2) is 64.2 Å². The summed E-state index contributed by atoms with van der Waals surface area (Å²) >= 11 is 1.45. The SMILES string of the molecule is Cc1ccc(-c2sc3[nH]c(=O)n(-c4ccccc4)c(=O)c3c2C)cc1. The summed E-state index contributed by atoms with van der Waals surface area (Å²) < 4.78 is 1.20. The fourth-order valence-electron chi connectivity index (χ4n) is 3.01. The molecule has 1 N–H and O–H groups in total. The number of aryl methyl sites for hydroxylation is 2.